The SMILES string of the molecule is NC1CC2CC1C1CC(OC(=O)C(F)(F)F)CC21. The van der Waals surface area contributed by atoms with E-state index in [1.807, 2.05) is 0 Å². The number of fused-ring (bicyclic) bond motifs is 5. The number of rotatable bonds is 1. The molecule has 0 amide bonds. The second-order valence-corrected chi connectivity index (χ2v) is 5.88. The van der Waals surface area contributed by atoms with Crippen LogP contribution in [0.2, 0.25) is 0 Å². The molecule has 0 spiro atoms. The number of alkyl halides is 3. The Morgan fingerprint density at radius 1 is 1.06 bits per heavy atom. The molecule has 0 saturated heterocycles. The van der Waals surface area contributed by atoms with Gasteiger partial charge in [-0.05, 0) is 49.4 Å². The van der Waals surface area contributed by atoms with E-state index >= 15 is 0 Å². The summed E-state index contributed by atoms with van der Waals surface area (Å²) in [5, 5.41) is 0. The van der Waals surface area contributed by atoms with Gasteiger partial charge in [0.25, 0.3) is 0 Å². The third kappa shape index (κ3) is 1.81. The molecule has 3 aliphatic rings. The molecule has 0 aromatic rings. The third-order valence-electron chi connectivity index (χ3n) is 4.98. The molecule has 2 bridgehead atoms. The van der Waals surface area contributed by atoms with Crippen LogP contribution in [-0.2, 0) is 9.53 Å². The van der Waals surface area contributed by atoms with Gasteiger partial charge >= 0.3 is 12.1 Å². The van der Waals surface area contributed by atoms with Crippen molar-refractivity contribution in [2.75, 3.05) is 0 Å². The molecule has 3 rings (SSSR count). The second-order valence-electron chi connectivity index (χ2n) is 5.88. The van der Waals surface area contributed by atoms with Crippen LogP contribution in [0.15, 0.2) is 0 Å². The summed E-state index contributed by atoms with van der Waals surface area (Å²) in [5.74, 6) is -0.311. The number of halogens is 3. The monoisotopic (exact) mass is 263 g/mol. The zero-order valence-electron chi connectivity index (χ0n) is 9.82. The van der Waals surface area contributed by atoms with Gasteiger partial charge in [0, 0.05) is 6.04 Å². The molecule has 3 aliphatic carbocycles. The van der Waals surface area contributed by atoms with Crippen molar-refractivity contribution in [2.45, 2.75) is 44.0 Å². The number of carbonyl (C=O) groups is 1. The van der Waals surface area contributed by atoms with Gasteiger partial charge in [-0.15, -0.1) is 0 Å². The summed E-state index contributed by atoms with van der Waals surface area (Å²) in [6.07, 6.45) is -2.22. The quantitative estimate of drug-likeness (QED) is 0.735. The number of esters is 1. The lowest BCUT2D eigenvalue weighted by Crippen LogP contribution is -2.34. The molecule has 0 radical (unpaired) electrons. The van der Waals surface area contributed by atoms with E-state index in [1.54, 1.807) is 0 Å². The number of hydrogen-bond donors (Lipinski definition) is 1. The van der Waals surface area contributed by atoms with Crippen molar-refractivity contribution in [1.82, 2.24) is 0 Å². The lowest BCUT2D eigenvalue weighted by atomic mass is 9.79. The summed E-state index contributed by atoms with van der Waals surface area (Å²) in [4.78, 5) is 10.8. The molecular weight excluding hydrogens is 247 g/mol. The van der Waals surface area contributed by atoms with Crippen molar-refractivity contribution < 1.29 is 22.7 Å². The number of carbonyl (C=O) groups excluding carboxylic acids is 1. The maximum atomic E-state index is 12.1. The van der Waals surface area contributed by atoms with E-state index < -0.39 is 18.2 Å². The fourth-order valence-corrected chi connectivity index (χ4v) is 4.39. The van der Waals surface area contributed by atoms with E-state index in [9.17, 15) is 18.0 Å². The highest BCUT2D eigenvalue weighted by Gasteiger charge is 2.56. The summed E-state index contributed by atoms with van der Waals surface area (Å²) in [7, 11) is 0. The van der Waals surface area contributed by atoms with Crippen LogP contribution in [0.1, 0.15) is 25.7 Å². The molecule has 2 N–H and O–H groups in total. The summed E-state index contributed by atoms with van der Waals surface area (Å²) in [5.41, 5.74) is 6.00. The van der Waals surface area contributed by atoms with E-state index in [0.717, 1.165) is 12.8 Å². The van der Waals surface area contributed by atoms with Crippen LogP contribution in [0.3, 0.4) is 0 Å². The van der Waals surface area contributed by atoms with E-state index in [4.69, 9.17) is 5.73 Å². The van der Waals surface area contributed by atoms with Gasteiger partial charge in [-0.25, -0.2) is 4.79 Å². The van der Waals surface area contributed by atoms with Gasteiger partial charge in [0.2, 0.25) is 0 Å². The Morgan fingerprint density at radius 2 is 1.72 bits per heavy atom. The molecule has 102 valence electrons. The maximum Gasteiger partial charge on any atom is 0.490 e. The van der Waals surface area contributed by atoms with Crippen molar-refractivity contribution in [3.05, 3.63) is 0 Å². The average Bonchev–Trinajstić information content (AvgIpc) is 2.85. The first-order chi connectivity index (χ1) is 8.36. The normalized spacial score (nSPS) is 46.2. The third-order valence-corrected chi connectivity index (χ3v) is 4.98. The minimum Gasteiger partial charge on any atom is -0.456 e. The second kappa shape index (κ2) is 3.85. The highest BCUT2D eigenvalue weighted by Crippen LogP contribution is 2.58. The zero-order valence-corrected chi connectivity index (χ0v) is 9.82. The molecular formula is C12H16F3NO2. The van der Waals surface area contributed by atoms with E-state index in [1.165, 1.54) is 0 Å². The predicted octanol–water partition coefficient (Wildman–Crippen LogP) is 1.85. The molecule has 0 aromatic carbocycles. The molecule has 0 aliphatic heterocycles. The van der Waals surface area contributed by atoms with Crippen molar-refractivity contribution in [1.29, 1.82) is 0 Å². The molecule has 3 saturated carbocycles. The predicted molar refractivity (Wildman–Crippen MR) is 56.3 cm³/mol. The van der Waals surface area contributed by atoms with Gasteiger partial charge in [0.15, 0.2) is 0 Å². The molecule has 6 atom stereocenters. The number of hydrogen-bond acceptors (Lipinski definition) is 3. The Kier molecular flexibility index (Phi) is 2.63. The topological polar surface area (TPSA) is 52.3 Å². The van der Waals surface area contributed by atoms with Crippen LogP contribution in [0, 0.1) is 23.7 Å². The van der Waals surface area contributed by atoms with Crippen LogP contribution < -0.4 is 5.73 Å². The molecule has 0 heterocycles. The Bertz CT molecular complexity index is 371. The van der Waals surface area contributed by atoms with Crippen LogP contribution in [0.4, 0.5) is 13.2 Å². The van der Waals surface area contributed by atoms with E-state index in [-0.39, 0.29) is 6.04 Å². The van der Waals surface area contributed by atoms with Crippen molar-refractivity contribution >= 4 is 5.97 Å². The molecule has 6 unspecified atom stereocenters. The van der Waals surface area contributed by atoms with E-state index in [0.29, 0.717) is 36.5 Å². The van der Waals surface area contributed by atoms with Gasteiger partial charge in [-0.2, -0.15) is 13.2 Å². The maximum absolute atomic E-state index is 12.1. The lowest BCUT2D eigenvalue weighted by Gasteiger charge is -2.28. The average molecular weight is 263 g/mol. The molecule has 6 heteroatoms. The zero-order chi connectivity index (χ0) is 13.1. The van der Waals surface area contributed by atoms with Crippen molar-refractivity contribution in [2.24, 2.45) is 29.4 Å². The number of nitrogens with two attached hydrogens (primary N) is 1. The van der Waals surface area contributed by atoms with Gasteiger partial charge in [0.1, 0.15) is 6.10 Å². The van der Waals surface area contributed by atoms with Crippen molar-refractivity contribution in [3.8, 4) is 0 Å². The molecule has 0 aromatic heterocycles. The lowest BCUT2D eigenvalue weighted by molar-refractivity contribution is -0.204. The van der Waals surface area contributed by atoms with E-state index in [2.05, 4.69) is 4.74 Å². The highest BCUT2D eigenvalue weighted by molar-refractivity contribution is 5.75. The first kappa shape index (κ1) is 12.3. The minimum atomic E-state index is -4.88. The van der Waals surface area contributed by atoms with Crippen LogP contribution in [0.5, 0.6) is 0 Å². The minimum absolute atomic E-state index is 0.188. The van der Waals surface area contributed by atoms with Crippen LogP contribution >= 0.6 is 0 Å². The van der Waals surface area contributed by atoms with Gasteiger partial charge in [-0.3, -0.25) is 0 Å². The molecule has 3 fully saturated rings. The molecule has 3 nitrogen and oxygen atoms in total. The fraction of sp³-hybridized carbons (Fsp3) is 0.917. The summed E-state index contributed by atoms with van der Waals surface area (Å²) in [6, 6.07) is 0.188. The standard InChI is InChI=1S/C12H16F3NO2/c13-12(14,15)11(17)18-6-3-7-5-1-9(8(7)4-6)10(16)2-5/h5-10H,1-4,16H2. The fourth-order valence-electron chi connectivity index (χ4n) is 4.39. The van der Waals surface area contributed by atoms with Crippen LogP contribution in [0.25, 0.3) is 0 Å². The Hall–Kier alpha value is -0.780. The first-order valence-corrected chi connectivity index (χ1v) is 6.39. The number of ether oxygens (including phenoxy) is 1. The molecule has 18 heavy (non-hydrogen) atoms. The Balaban J connectivity index is 1.62. The Morgan fingerprint density at radius 3 is 2.39 bits per heavy atom. The smallest absolute Gasteiger partial charge is 0.456 e. The van der Waals surface area contributed by atoms with Gasteiger partial charge in [-0.1, -0.05) is 0 Å². The summed E-state index contributed by atoms with van der Waals surface area (Å²) < 4.78 is 40.9. The largest absolute Gasteiger partial charge is 0.490 e. The van der Waals surface area contributed by atoms with Gasteiger partial charge < -0.3 is 10.5 Å². The summed E-state index contributed by atoms with van der Waals surface area (Å²) >= 11 is 0. The van der Waals surface area contributed by atoms with Crippen LogP contribution in [-0.4, -0.2) is 24.3 Å². The van der Waals surface area contributed by atoms with Gasteiger partial charge in [0.05, 0.1) is 0 Å². The summed E-state index contributed by atoms with van der Waals surface area (Å²) in [6.45, 7) is 0. The Labute approximate surface area is 103 Å². The first-order valence-electron chi connectivity index (χ1n) is 6.39. The highest BCUT2D eigenvalue weighted by atomic mass is 19.4. The van der Waals surface area contributed by atoms with Crippen molar-refractivity contribution in [3.63, 3.8) is 0 Å².